The molecule has 2 aromatic heterocycles. The van der Waals surface area contributed by atoms with Crippen molar-refractivity contribution >= 4 is 44.8 Å². The number of aromatic nitrogens is 3. The van der Waals surface area contributed by atoms with Gasteiger partial charge in [0.15, 0.2) is 10.8 Å². The third kappa shape index (κ3) is 4.81. The summed E-state index contributed by atoms with van der Waals surface area (Å²) in [6, 6.07) is 1.93. The summed E-state index contributed by atoms with van der Waals surface area (Å²) < 4.78 is 0.903. The Kier molecular flexibility index (Phi) is 5.72. The number of hydrogen-bond donors (Lipinski definition) is 2. The molecule has 3 rings (SSSR count). The molecule has 0 saturated carbocycles. The Balaban J connectivity index is 1.43. The molecule has 2 aromatic rings. The third-order valence-corrected chi connectivity index (χ3v) is 5.08. The number of H-pyrrole nitrogens is 1. The molecule has 0 unspecified atom stereocenters. The van der Waals surface area contributed by atoms with Gasteiger partial charge in [0.05, 0.1) is 11.3 Å². The highest BCUT2D eigenvalue weighted by atomic mass is 79.9. The Labute approximate surface area is 147 Å². The number of rotatable bonds is 6. The van der Waals surface area contributed by atoms with Crippen molar-refractivity contribution in [1.82, 2.24) is 20.3 Å². The number of carbonyl (C=O) groups excluding carboxylic acids is 1. The quantitative estimate of drug-likeness (QED) is 0.576. The van der Waals surface area contributed by atoms with Gasteiger partial charge in [-0.3, -0.25) is 4.79 Å². The standard InChI is InChI=1S/C16H19BrN4OS/c17-12-8-13-15(19-9-12)21-16(20-13)23-10-14(22)18-7-6-11-4-2-1-3-5-11/h4,8-9H,1-3,5-7,10H2,(H,18,22)(H,19,20,21). The van der Waals surface area contributed by atoms with Crippen LogP contribution < -0.4 is 5.32 Å². The Hall–Kier alpha value is -1.34. The highest BCUT2D eigenvalue weighted by Gasteiger charge is 2.09. The normalized spacial score (nSPS) is 14.7. The van der Waals surface area contributed by atoms with E-state index in [1.165, 1.54) is 43.0 Å². The lowest BCUT2D eigenvalue weighted by Gasteiger charge is -2.12. The van der Waals surface area contributed by atoms with Crippen LogP contribution in [0, 0.1) is 0 Å². The monoisotopic (exact) mass is 394 g/mol. The molecule has 0 aliphatic heterocycles. The van der Waals surface area contributed by atoms with E-state index in [2.05, 4.69) is 42.3 Å². The van der Waals surface area contributed by atoms with Crippen molar-refractivity contribution in [3.8, 4) is 0 Å². The first-order valence-electron chi connectivity index (χ1n) is 7.79. The van der Waals surface area contributed by atoms with E-state index in [9.17, 15) is 4.79 Å². The summed E-state index contributed by atoms with van der Waals surface area (Å²) in [5.41, 5.74) is 3.02. The van der Waals surface area contributed by atoms with Crippen LogP contribution in [0.15, 0.2) is 33.5 Å². The number of carbonyl (C=O) groups is 1. The third-order valence-electron chi connectivity index (χ3n) is 3.78. The number of fused-ring (bicyclic) bond motifs is 1. The smallest absolute Gasteiger partial charge is 0.230 e. The molecule has 0 atom stereocenters. The van der Waals surface area contributed by atoms with Crippen molar-refractivity contribution in [3.05, 3.63) is 28.4 Å². The highest BCUT2D eigenvalue weighted by molar-refractivity contribution is 9.10. The molecule has 5 nitrogen and oxygen atoms in total. The van der Waals surface area contributed by atoms with Crippen LogP contribution in [0.4, 0.5) is 0 Å². The molecule has 23 heavy (non-hydrogen) atoms. The van der Waals surface area contributed by atoms with Gasteiger partial charge < -0.3 is 10.3 Å². The number of allylic oxidation sites excluding steroid dienone is 1. The molecule has 7 heteroatoms. The van der Waals surface area contributed by atoms with E-state index < -0.39 is 0 Å². The topological polar surface area (TPSA) is 70.7 Å². The number of thioether (sulfide) groups is 1. The molecule has 1 amide bonds. The summed E-state index contributed by atoms with van der Waals surface area (Å²) in [4.78, 5) is 23.7. The Bertz CT molecular complexity index is 728. The van der Waals surface area contributed by atoms with Crippen LogP contribution in [-0.2, 0) is 4.79 Å². The van der Waals surface area contributed by atoms with E-state index in [0.717, 1.165) is 28.1 Å². The average Bonchev–Trinajstić information content (AvgIpc) is 2.96. The van der Waals surface area contributed by atoms with Crippen molar-refractivity contribution in [2.24, 2.45) is 0 Å². The van der Waals surface area contributed by atoms with Crippen molar-refractivity contribution < 1.29 is 4.79 Å². The number of aromatic amines is 1. The maximum Gasteiger partial charge on any atom is 0.230 e. The molecule has 2 heterocycles. The first-order chi connectivity index (χ1) is 11.2. The van der Waals surface area contributed by atoms with Crippen LogP contribution in [0.25, 0.3) is 11.2 Å². The molecular formula is C16H19BrN4OS. The summed E-state index contributed by atoms with van der Waals surface area (Å²) in [5, 5.41) is 3.70. The SMILES string of the molecule is O=C(CSc1nc2ncc(Br)cc2[nH]1)NCCC1=CCCCC1. The van der Waals surface area contributed by atoms with Gasteiger partial charge in [-0.15, -0.1) is 0 Å². The second-order valence-electron chi connectivity index (χ2n) is 5.56. The molecule has 1 aliphatic rings. The number of halogens is 1. The molecule has 0 bridgehead atoms. The van der Waals surface area contributed by atoms with Crippen molar-refractivity contribution in [2.45, 2.75) is 37.3 Å². The maximum atomic E-state index is 11.9. The summed E-state index contributed by atoms with van der Waals surface area (Å²) >= 11 is 4.78. The van der Waals surface area contributed by atoms with Gasteiger partial charge in [-0.25, -0.2) is 9.97 Å². The fourth-order valence-electron chi connectivity index (χ4n) is 2.60. The number of nitrogens with one attached hydrogen (secondary N) is 2. The lowest BCUT2D eigenvalue weighted by atomic mass is 9.97. The highest BCUT2D eigenvalue weighted by Crippen LogP contribution is 2.21. The Morgan fingerprint density at radius 1 is 1.43 bits per heavy atom. The lowest BCUT2D eigenvalue weighted by Crippen LogP contribution is -2.26. The van der Waals surface area contributed by atoms with Crippen LogP contribution in [0.1, 0.15) is 32.1 Å². The zero-order chi connectivity index (χ0) is 16.1. The van der Waals surface area contributed by atoms with Crippen LogP contribution >= 0.6 is 27.7 Å². The van der Waals surface area contributed by atoms with Gasteiger partial charge in [0.2, 0.25) is 5.91 Å². The second kappa shape index (κ2) is 7.97. The van der Waals surface area contributed by atoms with Gasteiger partial charge in [-0.2, -0.15) is 0 Å². The van der Waals surface area contributed by atoms with Gasteiger partial charge in [0, 0.05) is 17.2 Å². The van der Waals surface area contributed by atoms with Crippen LogP contribution in [0.5, 0.6) is 0 Å². The van der Waals surface area contributed by atoms with E-state index in [1.54, 1.807) is 6.20 Å². The minimum absolute atomic E-state index is 0.0426. The van der Waals surface area contributed by atoms with Crippen LogP contribution in [0.2, 0.25) is 0 Å². The van der Waals surface area contributed by atoms with Gasteiger partial charge in [-0.05, 0) is 54.1 Å². The average molecular weight is 395 g/mol. The van der Waals surface area contributed by atoms with Gasteiger partial charge in [0.1, 0.15) is 0 Å². The minimum atomic E-state index is 0.0426. The molecule has 0 aromatic carbocycles. The largest absolute Gasteiger partial charge is 0.355 e. The molecule has 1 aliphatic carbocycles. The van der Waals surface area contributed by atoms with Crippen molar-refractivity contribution in [1.29, 1.82) is 0 Å². The Morgan fingerprint density at radius 2 is 2.35 bits per heavy atom. The molecule has 0 fully saturated rings. The number of nitrogens with zero attached hydrogens (tertiary/aromatic N) is 2. The molecule has 2 N–H and O–H groups in total. The first kappa shape index (κ1) is 16.5. The van der Waals surface area contributed by atoms with Gasteiger partial charge in [0.25, 0.3) is 0 Å². The molecule has 0 saturated heterocycles. The zero-order valence-corrected chi connectivity index (χ0v) is 15.2. The van der Waals surface area contributed by atoms with E-state index in [4.69, 9.17) is 0 Å². The summed E-state index contributed by atoms with van der Waals surface area (Å²) in [6.45, 7) is 0.722. The number of hydrogen-bond acceptors (Lipinski definition) is 4. The first-order valence-corrected chi connectivity index (χ1v) is 9.57. The molecule has 0 spiro atoms. The van der Waals surface area contributed by atoms with E-state index in [-0.39, 0.29) is 5.91 Å². The second-order valence-corrected chi connectivity index (χ2v) is 7.44. The minimum Gasteiger partial charge on any atom is -0.355 e. The summed E-state index contributed by atoms with van der Waals surface area (Å²) in [7, 11) is 0. The van der Waals surface area contributed by atoms with E-state index in [1.807, 2.05) is 6.07 Å². The van der Waals surface area contributed by atoms with E-state index in [0.29, 0.717) is 11.4 Å². The van der Waals surface area contributed by atoms with Crippen LogP contribution in [-0.4, -0.2) is 33.2 Å². The fourth-order valence-corrected chi connectivity index (χ4v) is 3.63. The number of amides is 1. The van der Waals surface area contributed by atoms with Crippen LogP contribution in [0.3, 0.4) is 0 Å². The summed E-state index contributed by atoms with van der Waals surface area (Å²) in [5.74, 6) is 0.404. The Morgan fingerprint density at radius 3 is 3.17 bits per heavy atom. The molecular weight excluding hydrogens is 376 g/mol. The van der Waals surface area contributed by atoms with Gasteiger partial charge >= 0.3 is 0 Å². The lowest BCUT2D eigenvalue weighted by molar-refractivity contribution is -0.118. The van der Waals surface area contributed by atoms with E-state index >= 15 is 0 Å². The maximum absolute atomic E-state index is 11.9. The van der Waals surface area contributed by atoms with Crippen molar-refractivity contribution in [3.63, 3.8) is 0 Å². The number of pyridine rings is 1. The predicted molar refractivity (Wildman–Crippen MR) is 96.5 cm³/mol. The molecule has 122 valence electrons. The number of imidazole rings is 1. The zero-order valence-electron chi connectivity index (χ0n) is 12.8. The van der Waals surface area contributed by atoms with Gasteiger partial charge in [-0.1, -0.05) is 23.4 Å². The van der Waals surface area contributed by atoms with Crippen molar-refractivity contribution in [2.75, 3.05) is 12.3 Å². The fraction of sp³-hybridized carbons (Fsp3) is 0.438. The predicted octanol–water partition coefficient (Wildman–Crippen LogP) is 3.82. The molecule has 0 radical (unpaired) electrons. The summed E-state index contributed by atoms with van der Waals surface area (Å²) in [6.07, 6.45) is 9.97.